The molecular formula is C10H12N4O. The number of para-hydroxylation sites is 1. The van der Waals surface area contributed by atoms with Crippen LogP contribution in [-0.2, 0) is 6.54 Å². The maximum absolute atomic E-state index is 5.33. The Morgan fingerprint density at radius 1 is 1.27 bits per heavy atom. The minimum Gasteiger partial charge on any atom is -0.406 e. The van der Waals surface area contributed by atoms with Crippen LogP contribution in [0.4, 0.5) is 11.7 Å². The monoisotopic (exact) mass is 204 g/mol. The summed E-state index contributed by atoms with van der Waals surface area (Å²) in [6.45, 7) is 0.550. The molecule has 0 bridgehead atoms. The number of benzene rings is 1. The van der Waals surface area contributed by atoms with Crippen molar-refractivity contribution in [3.8, 4) is 0 Å². The molecule has 1 heterocycles. The summed E-state index contributed by atoms with van der Waals surface area (Å²) < 4.78 is 5.09. The fourth-order valence-electron chi connectivity index (χ4n) is 1.31. The lowest BCUT2D eigenvalue weighted by Gasteiger charge is -2.16. The zero-order chi connectivity index (χ0) is 10.7. The summed E-state index contributed by atoms with van der Waals surface area (Å²) in [5.41, 5.74) is 6.43. The molecule has 1 aromatic heterocycles. The fourth-order valence-corrected chi connectivity index (χ4v) is 1.31. The molecule has 0 radical (unpaired) electrons. The Balaban J connectivity index is 2.07. The third-order valence-electron chi connectivity index (χ3n) is 2.05. The van der Waals surface area contributed by atoms with E-state index in [2.05, 4.69) is 10.2 Å². The zero-order valence-electron chi connectivity index (χ0n) is 8.42. The molecular weight excluding hydrogens is 192 g/mol. The SMILES string of the molecule is CN(Cc1nnc(N)o1)c1ccccc1. The second-order valence-corrected chi connectivity index (χ2v) is 3.23. The van der Waals surface area contributed by atoms with E-state index in [0.29, 0.717) is 12.4 Å². The van der Waals surface area contributed by atoms with Gasteiger partial charge in [-0.2, -0.15) is 0 Å². The fraction of sp³-hybridized carbons (Fsp3) is 0.200. The Hall–Kier alpha value is -2.04. The largest absolute Gasteiger partial charge is 0.406 e. The summed E-state index contributed by atoms with van der Waals surface area (Å²) >= 11 is 0. The molecule has 5 heteroatoms. The highest BCUT2D eigenvalue weighted by atomic mass is 16.4. The molecule has 0 fully saturated rings. The highest BCUT2D eigenvalue weighted by molar-refractivity contribution is 5.44. The summed E-state index contributed by atoms with van der Waals surface area (Å²) in [4.78, 5) is 2.01. The normalized spacial score (nSPS) is 10.2. The Bertz CT molecular complexity index is 426. The van der Waals surface area contributed by atoms with Gasteiger partial charge in [0.15, 0.2) is 0 Å². The second kappa shape index (κ2) is 4.00. The number of rotatable bonds is 3. The standard InChI is InChI=1S/C10H12N4O/c1-14(8-5-3-2-4-6-8)7-9-12-13-10(11)15-9/h2-6H,7H2,1H3,(H2,11,13). The van der Waals surface area contributed by atoms with Gasteiger partial charge in [-0.15, -0.1) is 5.10 Å². The van der Waals surface area contributed by atoms with Crippen LogP contribution in [0.2, 0.25) is 0 Å². The van der Waals surface area contributed by atoms with E-state index in [9.17, 15) is 0 Å². The van der Waals surface area contributed by atoms with Crippen molar-refractivity contribution in [2.45, 2.75) is 6.54 Å². The Morgan fingerprint density at radius 2 is 2.00 bits per heavy atom. The van der Waals surface area contributed by atoms with Gasteiger partial charge in [-0.3, -0.25) is 0 Å². The lowest BCUT2D eigenvalue weighted by molar-refractivity contribution is 0.508. The molecule has 5 nitrogen and oxygen atoms in total. The van der Waals surface area contributed by atoms with Crippen molar-refractivity contribution in [2.75, 3.05) is 17.7 Å². The van der Waals surface area contributed by atoms with Crippen LogP contribution >= 0.6 is 0 Å². The molecule has 0 atom stereocenters. The molecule has 0 aliphatic rings. The van der Waals surface area contributed by atoms with E-state index < -0.39 is 0 Å². The van der Waals surface area contributed by atoms with Gasteiger partial charge in [-0.05, 0) is 12.1 Å². The summed E-state index contributed by atoms with van der Waals surface area (Å²) in [6.07, 6.45) is 0. The second-order valence-electron chi connectivity index (χ2n) is 3.23. The first-order chi connectivity index (χ1) is 7.25. The van der Waals surface area contributed by atoms with Crippen LogP contribution in [0.15, 0.2) is 34.7 Å². The average Bonchev–Trinajstić information content (AvgIpc) is 2.65. The first-order valence-electron chi connectivity index (χ1n) is 4.60. The summed E-state index contributed by atoms with van der Waals surface area (Å²) in [6, 6.07) is 10.1. The molecule has 0 aliphatic heterocycles. The molecule has 0 spiro atoms. The van der Waals surface area contributed by atoms with Crippen LogP contribution in [0.5, 0.6) is 0 Å². The molecule has 2 aromatic rings. The first-order valence-corrected chi connectivity index (χ1v) is 4.60. The molecule has 78 valence electrons. The average molecular weight is 204 g/mol. The van der Waals surface area contributed by atoms with Crippen LogP contribution in [0.25, 0.3) is 0 Å². The van der Waals surface area contributed by atoms with Gasteiger partial charge in [0.25, 0.3) is 0 Å². The van der Waals surface area contributed by atoms with Crippen molar-refractivity contribution in [1.82, 2.24) is 10.2 Å². The van der Waals surface area contributed by atoms with Crippen LogP contribution in [0, 0.1) is 0 Å². The predicted octanol–water partition coefficient (Wildman–Crippen LogP) is 1.29. The smallest absolute Gasteiger partial charge is 0.312 e. The Labute approximate surface area is 87.5 Å². The van der Waals surface area contributed by atoms with E-state index in [0.717, 1.165) is 5.69 Å². The maximum Gasteiger partial charge on any atom is 0.312 e. The summed E-state index contributed by atoms with van der Waals surface area (Å²) in [5, 5.41) is 7.40. The van der Waals surface area contributed by atoms with Gasteiger partial charge in [0.2, 0.25) is 5.89 Å². The zero-order valence-corrected chi connectivity index (χ0v) is 8.42. The van der Waals surface area contributed by atoms with Crippen molar-refractivity contribution < 1.29 is 4.42 Å². The number of nitrogen functional groups attached to an aromatic ring is 1. The minimum atomic E-state index is 0.103. The Morgan fingerprint density at radius 3 is 2.60 bits per heavy atom. The van der Waals surface area contributed by atoms with Crippen molar-refractivity contribution in [3.05, 3.63) is 36.2 Å². The van der Waals surface area contributed by atoms with E-state index in [1.54, 1.807) is 0 Å². The molecule has 0 amide bonds. The number of nitrogens with two attached hydrogens (primary N) is 1. The van der Waals surface area contributed by atoms with E-state index in [-0.39, 0.29) is 6.01 Å². The van der Waals surface area contributed by atoms with Crippen molar-refractivity contribution in [1.29, 1.82) is 0 Å². The molecule has 0 saturated heterocycles. The van der Waals surface area contributed by atoms with Gasteiger partial charge in [0, 0.05) is 12.7 Å². The molecule has 2 N–H and O–H groups in total. The van der Waals surface area contributed by atoms with Gasteiger partial charge in [-0.25, -0.2) is 0 Å². The number of anilines is 2. The Kier molecular flexibility index (Phi) is 2.53. The number of hydrogen-bond donors (Lipinski definition) is 1. The number of nitrogens with zero attached hydrogens (tertiary/aromatic N) is 3. The van der Waals surface area contributed by atoms with Crippen molar-refractivity contribution >= 4 is 11.7 Å². The summed E-state index contributed by atoms with van der Waals surface area (Å²) in [7, 11) is 1.95. The van der Waals surface area contributed by atoms with Crippen molar-refractivity contribution in [2.24, 2.45) is 0 Å². The quantitative estimate of drug-likeness (QED) is 0.815. The molecule has 0 unspecified atom stereocenters. The molecule has 0 aliphatic carbocycles. The minimum absolute atomic E-state index is 0.103. The van der Waals surface area contributed by atoms with Gasteiger partial charge in [0.1, 0.15) is 0 Å². The van der Waals surface area contributed by atoms with Crippen LogP contribution < -0.4 is 10.6 Å². The lowest BCUT2D eigenvalue weighted by atomic mass is 10.3. The summed E-state index contributed by atoms with van der Waals surface area (Å²) in [5.74, 6) is 0.513. The molecule has 1 aromatic carbocycles. The maximum atomic E-state index is 5.33. The first kappa shape index (κ1) is 9.51. The van der Waals surface area contributed by atoms with Gasteiger partial charge in [0.05, 0.1) is 6.54 Å². The van der Waals surface area contributed by atoms with E-state index >= 15 is 0 Å². The van der Waals surface area contributed by atoms with E-state index in [4.69, 9.17) is 10.2 Å². The third-order valence-corrected chi connectivity index (χ3v) is 2.05. The number of hydrogen-bond acceptors (Lipinski definition) is 5. The molecule has 2 rings (SSSR count). The third kappa shape index (κ3) is 2.25. The van der Waals surface area contributed by atoms with E-state index in [1.165, 1.54) is 0 Å². The van der Waals surface area contributed by atoms with Gasteiger partial charge in [-0.1, -0.05) is 23.3 Å². The highest BCUT2D eigenvalue weighted by Crippen LogP contribution is 2.14. The number of aromatic nitrogens is 2. The predicted molar refractivity (Wildman–Crippen MR) is 57.3 cm³/mol. The van der Waals surface area contributed by atoms with Gasteiger partial charge < -0.3 is 15.1 Å². The van der Waals surface area contributed by atoms with Crippen molar-refractivity contribution in [3.63, 3.8) is 0 Å². The topological polar surface area (TPSA) is 68.2 Å². The highest BCUT2D eigenvalue weighted by Gasteiger charge is 2.06. The van der Waals surface area contributed by atoms with Crippen LogP contribution in [0.1, 0.15) is 5.89 Å². The van der Waals surface area contributed by atoms with E-state index in [1.807, 2.05) is 42.3 Å². The molecule has 15 heavy (non-hydrogen) atoms. The van der Waals surface area contributed by atoms with Crippen LogP contribution in [0.3, 0.4) is 0 Å². The van der Waals surface area contributed by atoms with Gasteiger partial charge >= 0.3 is 6.01 Å². The van der Waals surface area contributed by atoms with Crippen LogP contribution in [-0.4, -0.2) is 17.2 Å². The molecule has 0 saturated carbocycles. The lowest BCUT2D eigenvalue weighted by Crippen LogP contribution is -2.16.